The lowest BCUT2D eigenvalue weighted by Gasteiger charge is -2.30. The van der Waals surface area contributed by atoms with Crippen molar-refractivity contribution in [3.05, 3.63) is 54.1 Å². The molecule has 1 N–H and O–H groups in total. The van der Waals surface area contributed by atoms with E-state index < -0.39 is 16.1 Å². The Morgan fingerprint density at radius 2 is 1.63 bits per heavy atom. The van der Waals surface area contributed by atoms with Crippen LogP contribution in [0.15, 0.2) is 48.5 Å². The number of benzene rings is 2. The van der Waals surface area contributed by atoms with E-state index in [9.17, 15) is 13.2 Å². The molecule has 0 aliphatic carbocycles. The number of anilines is 1. The van der Waals surface area contributed by atoms with Crippen LogP contribution in [-0.2, 0) is 21.4 Å². The highest BCUT2D eigenvalue weighted by molar-refractivity contribution is 7.92. The first-order chi connectivity index (χ1) is 14.3. The van der Waals surface area contributed by atoms with Crippen molar-refractivity contribution < 1.29 is 22.7 Å². The summed E-state index contributed by atoms with van der Waals surface area (Å²) in [5.74, 6) is 0.895. The molecule has 0 aliphatic heterocycles. The molecule has 1 atom stereocenters. The Balaban J connectivity index is 2.19. The zero-order chi connectivity index (χ0) is 22.1. The number of nitrogens with one attached hydrogen (secondary N) is 1. The summed E-state index contributed by atoms with van der Waals surface area (Å²) in [6.07, 6.45) is 1.44. The monoisotopic (exact) mass is 434 g/mol. The van der Waals surface area contributed by atoms with Gasteiger partial charge in [-0.15, -0.1) is 0 Å². The van der Waals surface area contributed by atoms with E-state index >= 15 is 0 Å². The Kier molecular flexibility index (Phi) is 8.53. The van der Waals surface area contributed by atoms with Gasteiger partial charge >= 0.3 is 0 Å². The highest BCUT2D eigenvalue weighted by Gasteiger charge is 2.31. The highest BCUT2D eigenvalue weighted by Crippen LogP contribution is 2.28. The van der Waals surface area contributed by atoms with Crippen LogP contribution in [0.4, 0.5) is 5.69 Å². The van der Waals surface area contributed by atoms with Crippen LogP contribution in [0.3, 0.4) is 0 Å². The molecular formula is C22H30N2O5S. The molecular weight excluding hydrogens is 404 g/mol. The van der Waals surface area contributed by atoms with Crippen molar-refractivity contribution in [1.82, 2.24) is 5.32 Å². The van der Waals surface area contributed by atoms with Gasteiger partial charge in [0.15, 0.2) is 11.5 Å². The summed E-state index contributed by atoms with van der Waals surface area (Å²) < 4.78 is 37.2. The third-order valence-corrected chi connectivity index (χ3v) is 5.59. The summed E-state index contributed by atoms with van der Waals surface area (Å²) in [4.78, 5) is 12.9. The minimum atomic E-state index is -3.65. The van der Waals surface area contributed by atoms with Crippen LogP contribution in [0.5, 0.6) is 11.5 Å². The van der Waals surface area contributed by atoms with Gasteiger partial charge in [-0.25, -0.2) is 8.42 Å². The SMILES string of the molecule is CCOc1ccc(CNC(=O)[C@H](CC)N(c2ccccc2)S(C)(=O)=O)cc1OCC. The van der Waals surface area contributed by atoms with Crippen LogP contribution in [0.2, 0.25) is 0 Å². The van der Waals surface area contributed by atoms with E-state index in [2.05, 4.69) is 5.32 Å². The van der Waals surface area contributed by atoms with Crippen molar-refractivity contribution in [3.8, 4) is 11.5 Å². The largest absolute Gasteiger partial charge is 0.490 e. The quantitative estimate of drug-likeness (QED) is 0.586. The van der Waals surface area contributed by atoms with Gasteiger partial charge in [-0.3, -0.25) is 9.10 Å². The van der Waals surface area contributed by atoms with Gasteiger partial charge < -0.3 is 14.8 Å². The second-order valence-electron chi connectivity index (χ2n) is 6.68. The molecule has 0 bridgehead atoms. The standard InChI is InChI=1S/C22H30N2O5S/c1-5-19(24(30(4,26)27)18-11-9-8-10-12-18)22(25)23-16-17-13-14-20(28-6-2)21(15-17)29-7-3/h8-15,19H,5-7,16H2,1-4H3,(H,23,25)/t19-/m0/s1. The van der Waals surface area contributed by atoms with Gasteiger partial charge in [-0.05, 0) is 50.1 Å². The van der Waals surface area contributed by atoms with Crippen LogP contribution in [0, 0.1) is 0 Å². The van der Waals surface area contributed by atoms with Gasteiger partial charge in [0.2, 0.25) is 15.9 Å². The molecule has 0 heterocycles. The van der Waals surface area contributed by atoms with Crippen LogP contribution in [0.1, 0.15) is 32.8 Å². The molecule has 0 unspecified atom stereocenters. The number of sulfonamides is 1. The van der Waals surface area contributed by atoms with E-state index in [-0.39, 0.29) is 12.5 Å². The van der Waals surface area contributed by atoms with Gasteiger partial charge in [-0.2, -0.15) is 0 Å². The molecule has 0 aromatic heterocycles. The van der Waals surface area contributed by atoms with Crippen molar-refractivity contribution in [2.75, 3.05) is 23.8 Å². The molecule has 0 radical (unpaired) electrons. The molecule has 1 amide bonds. The van der Waals surface area contributed by atoms with E-state index in [0.29, 0.717) is 36.8 Å². The average molecular weight is 435 g/mol. The normalized spacial score (nSPS) is 12.1. The minimum Gasteiger partial charge on any atom is -0.490 e. The molecule has 0 spiro atoms. The maximum absolute atomic E-state index is 12.9. The molecule has 0 saturated heterocycles. The molecule has 8 heteroatoms. The summed E-state index contributed by atoms with van der Waals surface area (Å²) in [5, 5.41) is 2.85. The van der Waals surface area contributed by atoms with Gasteiger partial charge in [0, 0.05) is 6.54 Å². The molecule has 2 rings (SSSR count). The number of nitrogens with zero attached hydrogens (tertiary/aromatic N) is 1. The predicted octanol–water partition coefficient (Wildman–Crippen LogP) is 3.35. The number of carbonyl (C=O) groups is 1. The van der Waals surface area contributed by atoms with Gasteiger partial charge in [0.1, 0.15) is 6.04 Å². The number of carbonyl (C=O) groups excluding carboxylic acids is 1. The second kappa shape index (κ2) is 10.9. The lowest BCUT2D eigenvalue weighted by molar-refractivity contribution is -0.122. The number of ether oxygens (including phenoxy) is 2. The predicted molar refractivity (Wildman–Crippen MR) is 118 cm³/mol. The highest BCUT2D eigenvalue weighted by atomic mass is 32.2. The third-order valence-electron chi connectivity index (χ3n) is 4.41. The van der Waals surface area contributed by atoms with Crippen LogP contribution < -0.4 is 19.1 Å². The first-order valence-corrected chi connectivity index (χ1v) is 11.9. The van der Waals surface area contributed by atoms with Gasteiger partial charge in [0.05, 0.1) is 25.2 Å². The fraction of sp³-hybridized carbons (Fsp3) is 0.409. The summed E-state index contributed by atoms with van der Waals surface area (Å²) in [5.41, 5.74) is 1.29. The Labute approximate surface area is 179 Å². The van der Waals surface area contributed by atoms with Crippen molar-refractivity contribution in [2.45, 2.75) is 39.8 Å². The van der Waals surface area contributed by atoms with E-state index in [1.165, 1.54) is 4.31 Å². The Bertz CT molecular complexity index is 932. The fourth-order valence-corrected chi connectivity index (χ4v) is 4.36. The Hall–Kier alpha value is -2.74. The molecule has 2 aromatic rings. The Morgan fingerprint density at radius 3 is 2.20 bits per heavy atom. The van der Waals surface area contributed by atoms with Gasteiger partial charge in [-0.1, -0.05) is 31.2 Å². The summed E-state index contributed by atoms with van der Waals surface area (Å²) in [7, 11) is -3.65. The number of hydrogen-bond donors (Lipinski definition) is 1. The van der Waals surface area contributed by atoms with E-state index in [0.717, 1.165) is 11.8 Å². The summed E-state index contributed by atoms with van der Waals surface area (Å²) in [6, 6.07) is 13.3. The van der Waals surface area contributed by atoms with Crippen LogP contribution in [-0.4, -0.2) is 39.8 Å². The van der Waals surface area contributed by atoms with E-state index in [1.54, 1.807) is 43.3 Å². The first-order valence-electron chi connectivity index (χ1n) is 10.0. The number of amides is 1. The van der Waals surface area contributed by atoms with Crippen molar-refractivity contribution in [1.29, 1.82) is 0 Å². The maximum Gasteiger partial charge on any atom is 0.244 e. The van der Waals surface area contributed by atoms with E-state index in [1.807, 2.05) is 26.0 Å². The first kappa shape index (κ1) is 23.5. The number of hydrogen-bond acceptors (Lipinski definition) is 5. The lowest BCUT2D eigenvalue weighted by atomic mass is 10.1. The fourth-order valence-electron chi connectivity index (χ4n) is 3.15. The maximum atomic E-state index is 12.9. The molecule has 30 heavy (non-hydrogen) atoms. The Morgan fingerprint density at radius 1 is 1.00 bits per heavy atom. The average Bonchev–Trinajstić information content (AvgIpc) is 2.71. The van der Waals surface area contributed by atoms with Crippen molar-refractivity contribution >= 4 is 21.6 Å². The minimum absolute atomic E-state index is 0.244. The van der Waals surface area contributed by atoms with Crippen LogP contribution in [0.25, 0.3) is 0 Å². The lowest BCUT2D eigenvalue weighted by Crippen LogP contribution is -2.49. The molecule has 7 nitrogen and oxygen atoms in total. The number of rotatable bonds is 11. The van der Waals surface area contributed by atoms with Gasteiger partial charge in [0.25, 0.3) is 0 Å². The number of para-hydroxylation sites is 1. The zero-order valence-electron chi connectivity index (χ0n) is 17.9. The van der Waals surface area contributed by atoms with Crippen molar-refractivity contribution in [2.24, 2.45) is 0 Å². The smallest absolute Gasteiger partial charge is 0.244 e. The third kappa shape index (κ3) is 6.13. The summed E-state index contributed by atoms with van der Waals surface area (Å²) in [6.45, 7) is 6.83. The second-order valence-corrected chi connectivity index (χ2v) is 8.54. The molecule has 0 fully saturated rings. The van der Waals surface area contributed by atoms with Crippen molar-refractivity contribution in [3.63, 3.8) is 0 Å². The summed E-state index contributed by atoms with van der Waals surface area (Å²) >= 11 is 0. The molecule has 164 valence electrons. The topological polar surface area (TPSA) is 84.9 Å². The van der Waals surface area contributed by atoms with Crippen LogP contribution >= 0.6 is 0 Å². The van der Waals surface area contributed by atoms with E-state index in [4.69, 9.17) is 9.47 Å². The molecule has 0 aliphatic rings. The molecule has 0 saturated carbocycles. The zero-order valence-corrected chi connectivity index (χ0v) is 18.7. The molecule has 2 aromatic carbocycles.